The highest BCUT2D eigenvalue weighted by atomic mass is 35.5. The fourth-order valence-electron chi connectivity index (χ4n) is 3.74. The first-order valence-electron chi connectivity index (χ1n) is 8.66. The molecule has 2 N–H and O–H groups in total. The van der Waals surface area contributed by atoms with Crippen molar-refractivity contribution < 1.29 is 4.79 Å². The topological polar surface area (TPSA) is 44.9 Å². The highest BCUT2D eigenvalue weighted by Crippen LogP contribution is 2.51. The lowest BCUT2D eigenvalue weighted by molar-refractivity contribution is -0.120. The molecule has 1 aromatic heterocycles. The van der Waals surface area contributed by atoms with E-state index in [9.17, 15) is 4.79 Å². The maximum Gasteiger partial charge on any atom is 0.224 e. The van der Waals surface area contributed by atoms with Gasteiger partial charge >= 0.3 is 0 Å². The summed E-state index contributed by atoms with van der Waals surface area (Å²) < 4.78 is 0. The maximum atomic E-state index is 12.3. The monoisotopic (exact) mass is 352 g/mol. The molecule has 25 heavy (non-hydrogen) atoms. The van der Waals surface area contributed by atoms with Crippen molar-refractivity contribution in [3.63, 3.8) is 0 Å². The van der Waals surface area contributed by atoms with E-state index in [4.69, 9.17) is 11.6 Å². The number of nitrogens with one attached hydrogen (secondary N) is 2. The number of H-pyrrole nitrogens is 1. The zero-order valence-electron chi connectivity index (χ0n) is 14.2. The maximum absolute atomic E-state index is 12.3. The van der Waals surface area contributed by atoms with E-state index < -0.39 is 0 Å². The smallest absolute Gasteiger partial charge is 0.224 e. The molecule has 0 atom stereocenters. The Morgan fingerprint density at radius 1 is 1.16 bits per heavy atom. The summed E-state index contributed by atoms with van der Waals surface area (Å²) in [6, 6.07) is 15.9. The first kappa shape index (κ1) is 16.2. The van der Waals surface area contributed by atoms with E-state index in [1.807, 2.05) is 24.3 Å². The van der Waals surface area contributed by atoms with Crippen LogP contribution in [0.15, 0.2) is 48.5 Å². The van der Waals surface area contributed by atoms with Crippen molar-refractivity contribution in [2.24, 2.45) is 0 Å². The molecule has 128 valence electrons. The first-order chi connectivity index (χ1) is 12.1. The van der Waals surface area contributed by atoms with Crippen LogP contribution in [0.2, 0.25) is 5.02 Å². The molecule has 1 amide bonds. The summed E-state index contributed by atoms with van der Waals surface area (Å²) in [5, 5.41) is 5.12. The van der Waals surface area contributed by atoms with Crippen molar-refractivity contribution in [2.75, 3.05) is 6.54 Å². The minimum absolute atomic E-state index is 0.0612. The Bertz CT molecular complexity index is 923. The van der Waals surface area contributed by atoms with E-state index in [0.29, 0.717) is 18.0 Å². The molecule has 3 nitrogen and oxygen atoms in total. The van der Waals surface area contributed by atoms with Gasteiger partial charge in [-0.2, -0.15) is 0 Å². The molecule has 0 unspecified atom stereocenters. The van der Waals surface area contributed by atoms with E-state index in [1.165, 1.54) is 22.2 Å². The third-order valence-electron chi connectivity index (χ3n) is 5.18. The molecule has 2 aromatic carbocycles. The summed E-state index contributed by atoms with van der Waals surface area (Å²) in [6.45, 7) is 2.83. The number of rotatable bonds is 5. The van der Waals surface area contributed by atoms with Gasteiger partial charge in [0.2, 0.25) is 5.91 Å². The third-order valence-corrected chi connectivity index (χ3v) is 5.43. The Kier molecular flexibility index (Phi) is 4.04. The van der Waals surface area contributed by atoms with Crippen molar-refractivity contribution in [3.8, 4) is 0 Å². The van der Waals surface area contributed by atoms with Crippen LogP contribution < -0.4 is 5.32 Å². The number of fused-ring (bicyclic) bond motifs is 1. The summed E-state index contributed by atoms with van der Waals surface area (Å²) in [4.78, 5) is 15.8. The lowest BCUT2D eigenvalue weighted by Crippen LogP contribution is -2.33. The highest BCUT2D eigenvalue weighted by molar-refractivity contribution is 6.30. The van der Waals surface area contributed by atoms with Crippen LogP contribution in [0.3, 0.4) is 0 Å². The minimum atomic E-state index is 0.0612. The van der Waals surface area contributed by atoms with E-state index in [2.05, 4.69) is 41.5 Å². The molecular formula is C21H21ClN2O. The van der Waals surface area contributed by atoms with E-state index in [1.54, 1.807) is 0 Å². The lowest BCUT2D eigenvalue weighted by atomic mass is 9.93. The Labute approximate surface area is 152 Å². The van der Waals surface area contributed by atoms with Gasteiger partial charge in [0, 0.05) is 33.6 Å². The molecule has 1 aliphatic rings. The zero-order valence-corrected chi connectivity index (χ0v) is 15.0. The van der Waals surface area contributed by atoms with E-state index in [0.717, 1.165) is 18.4 Å². The second kappa shape index (κ2) is 6.23. The van der Waals surface area contributed by atoms with Crippen LogP contribution in [0.25, 0.3) is 10.9 Å². The number of aryl methyl sites for hydroxylation is 1. The molecule has 4 heteroatoms. The Morgan fingerprint density at radius 2 is 1.88 bits per heavy atom. The molecule has 1 saturated carbocycles. The molecule has 1 aliphatic carbocycles. The predicted molar refractivity (Wildman–Crippen MR) is 102 cm³/mol. The van der Waals surface area contributed by atoms with Gasteiger partial charge in [-0.25, -0.2) is 0 Å². The third kappa shape index (κ3) is 3.16. The van der Waals surface area contributed by atoms with E-state index in [-0.39, 0.29) is 11.3 Å². The number of aromatic nitrogens is 1. The summed E-state index contributed by atoms with van der Waals surface area (Å²) in [7, 11) is 0. The number of benzene rings is 2. The molecule has 1 heterocycles. The normalized spacial score (nSPS) is 15.3. The summed E-state index contributed by atoms with van der Waals surface area (Å²) in [5.74, 6) is 0.0612. The molecule has 1 fully saturated rings. The number of hydrogen-bond donors (Lipinski definition) is 2. The molecule has 4 rings (SSSR count). The Balaban J connectivity index is 1.47. The van der Waals surface area contributed by atoms with Crippen molar-refractivity contribution in [1.29, 1.82) is 0 Å². The molecule has 0 radical (unpaired) electrons. The minimum Gasteiger partial charge on any atom is -0.358 e. The zero-order chi connectivity index (χ0) is 17.4. The van der Waals surface area contributed by atoms with Gasteiger partial charge in [0.1, 0.15) is 0 Å². The standard InChI is InChI=1S/C21H21ClN2O/c1-14-20(17-4-2-3-5-18(17)24-14)21(10-11-21)13-23-19(25)12-15-6-8-16(22)9-7-15/h2-9,24H,10-13H2,1H3,(H,23,25). The number of halogens is 1. The van der Waals surface area contributed by atoms with Gasteiger partial charge in [0.25, 0.3) is 0 Å². The Hall–Kier alpha value is -2.26. The molecule has 3 aromatic rings. The average Bonchev–Trinajstić information content (AvgIpc) is 3.30. The van der Waals surface area contributed by atoms with Crippen LogP contribution >= 0.6 is 11.6 Å². The van der Waals surface area contributed by atoms with Crippen LogP contribution in [-0.2, 0) is 16.6 Å². The molecule has 0 bridgehead atoms. The number of amides is 1. The van der Waals surface area contributed by atoms with Crippen LogP contribution in [-0.4, -0.2) is 17.4 Å². The van der Waals surface area contributed by atoms with Crippen LogP contribution in [0, 0.1) is 6.92 Å². The van der Waals surface area contributed by atoms with Crippen molar-refractivity contribution in [1.82, 2.24) is 10.3 Å². The summed E-state index contributed by atoms with van der Waals surface area (Å²) >= 11 is 5.89. The SMILES string of the molecule is Cc1[nH]c2ccccc2c1C1(CNC(=O)Cc2ccc(Cl)cc2)CC1. The quantitative estimate of drug-likeness (QED) is 0.696. The predicted octanol–water partition coefficient (Wildman–Crippen LogP) is 4.52. The van der Waals surface area contributed by atoms with Gasteiger partial charge in [0.15, 0.2) is 0 Å². The lowest BCUT2D eigenvalue weighted by Gasteiger charge is -2.17. The number of aromatic amines is 1. The second-order valence-corrected chi connectivity index (χ2v) is 7.47. The summed E-state index contributed by atoms with van der Waals surface area (Å²) in [5.41, 5.74) is 4.82. The van der Waals surface area contributed by atoms with Crippen LogP contribution in [0.5, 0.6) is 0 Å². The molecular weight excluding hydrogens is 332 g/mol. The number of carbonyl (C=O) groups is 1. The highest BCUT2D eigenvalue weighted by Gasteiger charge is 2.46. The van der Waals surface area contributed by atoms with Gasteiger partial charge in [-0.15, -0.1) is 0 Å². The van der Waals surface area contributed by atoms with Crippen molar-refractivity contribution >= 4 is 28.4 Å². The van der Waals surface area contributed by atoms with Gasteiger partial charge in [0.05, 0.1) is 6.42 Å². The number of hydrogen-bond acceptors (Lipinski definition) is 1. The van der Waals surface area contributed by atoms with Crippen molar-refractivity contribution in [2.45, 2.75) is 31.6 Å². The van der Waals surface area contributed by atoms with Crippen LogP contribution in [0.4, 0.5) is 0 Å². The molecule has 0 spiro atoms. The fourth-order valence-corrected chi connectivity index (χ4v) is 3.87. The summed E-state index contributed by atoms with van der Waals surface area (Å²) in [6.07, 6.45) is 2.63. The second-order valence-electron chi connectivity index (χ2n) is 7.03. The fraction of sp³-hybridized carbons (Fsp3) is 0.286. The Morgan fingerprint density at radius 3 is 2.60 bits per heavy atom. The van der Waals surface area contributed by atoms with Gasteiger partial charge in [-0.05, 0) is 49.1 Å². The van der Waals surface area contributed by atoms with Crippen LogP contribution in [0.1, 0.15) is 29.7 Å². The average molecular weight is 353 g/mol. The van der Waals surface area contributed by atoms with Gasteiger partial charge in [-0.1, -0.05) is 41.9 Å². The number of carbonyl (C=O) groups excluding carboxylic acids is 1. The van der Waals surface area contributed by atoms with Gasteiger partial charge < -0.3 is 10.3 Å². The first-order valence-corrected chi connectivity index (χ1v) is 9.04. The molecule has 0 aliphatic heterocycles. The van der Waals surface area contributed by atoms with Gasteiger partial charge in [-0.3, -0.25) is 4.79 Å². The largest absolute Gasteiger partial charge is 0.358 e. The van der Waals surface area contributed by atoms with E-state index >= 15 is 0 Å². The van der Waals surface area contributed by atoms with Crippen molar-refractivity contribution in [3.05, 3.63) is 70.4 Å². The number of para-hydroxylation sites is 1. The molecule has 0 saturated heterocycles.